The Bertz CT molecular complexity index is 617. The van der Waals surface area contributed by atoms with E-state index in [0.29, 0.717) is 0 Å². The van der Waals surface area contributed by atoms with E-state index < -0.39 is 9.99 Å². The van der Waals surface area contributed by atoms with Crippen LogP contribution in [-0.4, -0.2) is 22.4 Å². The lowest BCUT2D eigenvalue weighted by molar-refractivity contribution is 0.797. The van der Waals surface area contributed by atoms with E-state index in [1.807, 2.05) is 35.0 Å². The number of thiophene rings is 2. The molecule has 0 saturated carbocycles. The van der Waals surface area contributed by atoms with Crippen molar-refractivity contribution >= 4 is 46.9 Å². The molecule has 0 bridgehead atoms. The fourth-order valence-electron chi connectivity index (χ4n) is 1.77. The van der Waals surface area contributed by atoms with Gasteiger partial charge in [-0.05, 0) is 35.0 Å². The zero-order valence-electron chi connectivity index (χ0n) is 11.0. The van der Waals surface area contributed by atoms with E-state index in [1.54, 1.807) is 47.3 Å². The molecule has 2 atom stereocenters. The number of hydrogen-bond acceptors (Lipinski definition) is 7. The molecule has 0 saturated heterocycles. The van der Waals surface area contributed by atoms with Crippen LogP contribution in [0.3, 0.4) is 0 Å². The third-order valence-electron chi connectivity index (χ3n) is 2.76. The van der Waals surface area contributed by atoms with E-state index in [0.717, 1.165) is 9.75 Å². The van der Waals surface area contributed by atoms with Gasteiger partial charge in [0.05, 0.1) is 0 Å². The van der Waals surface area contributed by atoms with Crippen LogP contribution in [0.15, 0.2) is 57.2 Å². The smallest absolute Gasteiger partial charge is 0.178 e. The van der Waals surface area contributed by atoms with Gasteiger partial charge in [0.1, 0.15) is 0 Å². The fourth-order valence-corrected chi connectivity index (χ4v) is 3.94. The summed E-state index contributed by atoms with van der Waals surface area (Å²) in [4.78, 5) is 9.23. The highest BCUT2D eigenvalue weighted by molar-refractivity contribution is 8.02. The largest absolute Gasteiger partial charge is 0.295 e. The van der Waals surface area contributed by atoms with Crippen molar-refractivity contribution in [1.82, 2.24) is 0 Å². The van der Waals surface area contributed by atoms with Gasteiger partial charge in [-0.15, -0.1) is 22.7 Å². The van der Waals surface area contributed by atoms with Gasteiger partial charge in [0.2, 0.25) is 0 Å². The molecule has 0 aromatic carbocycles. The number of thioether (sulfide) groups is 1. The van der Waals surface area contributed by atoms with Crippen molar-refractivity contribution in [1.29, 1.82) is 0 Å². The van der Waals surface area contributed by atoms with E-state index >= 15 is 0 Å². The van der Waals surface area contributed by atoms with Crippen LogP contribution in [-0.2, 0) is 0 Å². The number of nitrogens with two attached hydrogens (primary N) is 2. The average molecular weight is 334 g/mol. The van der Waals surface area contributed by atoms with Gasteiger partial charge in [-0.1, -0.05) is 23.9 Å². The molecule has 3 heterocycles. The van der Waals surface area contributed by atoms with Crippen LogP contribution >= 0.6 is 34.4 Å². The van der Waals surface area contributed by atoms with E-state index in [9.17, 15) is 0 Å². The Balaban J connectivity index is 1.70. The highest BCUT2D eigenvalue weighted by Crippen LogP contribution is 2.40. The lowest BCUT2D eigenvalue weighted by Gasteiger charge is -2.22. The molecular formula is C14H14N4S3. The molecule has 2 aromatic heterocycles. The quantitative estimate of drug-likeness (QED) is 0.667. The number of aliphatic imine (C=N–C) groups is 2. The molecule has 2 aromatic rings. The summed E-state index contributed by atoms with van der Waals surface area (Å²) in [6.45, 7) is 0. The Kier molecular flexibility index (Phi) is 4.10. The third-order valence-corrected chi connectivity index (χ3v) is 5.51. The lowest BCUT2D eigenvalue weighted by atomic mass is 10.4. The Morgan fingerprint density at radius 1 is 0.857 bits per heavy atom. The monoisotopic (exact) mass is 334 g/mol. The van der Waals surface area contributed by atoms with Gasteiger partial charge in [-0.2, -0.15) is 0 Å². The first kappa shape index (κ1) is 14.7. The summed E-state index contributed by atoms with van der Waals surface area (Å²) in [6.07, 6.45) is 7.15. The third kappa shape index (κ3) is 3.69. The van der Waals surface area contributed by atoms with E-state index in [-0.39, 0.29) is 0 Å². The predicted molar refractivity (Wildman–Crippen MR) is 94.4 cm³/mol. The van der Waals surface area contributed by atoms with Crippen molar-refractivity contribution in [2.24, 2.45) is 21.5 Å². The molecule has 108 valence electrons. The fraction of sp³-hybridized carbons (Fsp3) is 0.143. The summed E-state index contributed by atoms with van der Waals surface area (Å²) in [5.41, 5.74) is 12.5. The minimum Gasteiger partial charge on any atom is -0.295 e. The van der Waals surface area contributed by atoms with E-state index in [4.69, 9.17) is 11.5 Å². The second kappa shape index (κ2) is 5.86. The van der Waals surface area contributed by atoms with Gasteiger partial charge in [0, 0.05) is 22.2 Å². The van der Waals surface area contributed by atoms with E-state index in [1.165, 1.54) is 11.8 Å². The molecule has 0 spiro atoms. The average Bonchev–Trinajstić information content (AvgIpc) is 3.17. The van der Waals surface area contributed by atoms with Crippen molar-refractivity contribution in [3.05, 3.63) is 56.9 Å². The van der Waals surface area contributed by atoms with Gasteiger partial charge in [-0.3, -0.25) is 21.5 Å². The zero-order valence-corrected chi connectivity index (χ0v) is 13.5. The zero-order chi connectivity index (χ0) is 14.8. The summed E-state index contributed by atoms with van der Waals surface area (Å²) < 4.78 is 0. The first-order chi connectivity index (χ1) is 10.1. The van der Waals surface area contributed by atoms with Crippen LogP contribution in [0, 0.1) is 0 Å². The lowest BCUT2D eigenvalue weighted by Crippen LogP contribution is -2.37. The summed E-state index contributed by atoms with van der Waals surface area (Å²) >= 11 is 4.55. The Hall–Kier alpha value is -1.25. The maximum Gasteiger partial charge on any atom is 0.178 e. The van der Waals surface area contributed by atoms with E-state index in [2.05, 4.69) is 9.98 Å². The molecule has 0 fully saturated rings. The molecule has 3 rings (SSSR count). The highest BCUT2D eigenvalue weighted by atomic mass is 32.2. The van der Waals surface area contributed by atoms with Crippen LogP contribution < -0.4 is 11.5 Å². The van der Waals surface area contributed by atoms with Gasteiger partial charge >= 0.3 is 0 Å². The topological polar surface area (TPSA) is 76.8 Å². The SMILES string of the molecule is NC1(N=Cc2cccs2)C=CC(N)(N=Cc2cccs2)S1. The second-order valence-electron chi connectivity index (χ2n) is 4.49. The Morgan fingerprint density at radius 3 is 1.71 bits per heavy atom. The van der Waals surface area contributed by atoms with Crippen LogP contribution in [0.25, 0.3) is 0 Å². The van der Waals surface area contributed by atoms with Gasteiger partial charge in [0.25, 0.3) is 0 Å². The van der Waals surface area contributed by atoms with Gasteiger partial charge in [0.15, 0.2) is 9.99 Å². The molecule has 1 aliphatic heterocycles. The minimum absolute atomic E-state index is 0.870. The van der Waals surface area contributed by atoms with Crippen molar-refractivity contribution in [3.63, 3.8) is 0 Å². The maximum absolute atomic E-state index is 6.23. The maximum atomic E-state index is 6.23. The van der Waals surface area contributed by atoms with Gasteiger partial charge in [-0.25, -0.2) is 0 Å². The normalized spacial score (nSPS) is 29.0. The number of rotatable bonds is 4. The first-order valence-electron chi connectivity index (χ1n) is 6.23. The molecule has 0 amide bonds. The van der Waals surface area contributed by atoms with Crippen molar-refractivity contribution in [2.45, 2.75) is 9.99 Å². The number of hydrogen-bond donors (Lipinski definition) is 2. The predicted octanol–water partition coefficient (Wildman–Crippen LogP) is 2.88. The molecule has 4 nitrogen and oxygen atoms in total. The van der Waals surface area contributed by atoms with Crippen molar-refractivity contribution in [2.75, 3.05) is 0 Å². The molecule has 2 unspecified atom stereocenters. The van der Waals surface area contributed by atoms with Crippen molar-refractivity contribution < 1.29 is 0 Å². The Labute approximate surface area is 135 Å². The standard InChI is InChI=1S/C14H14N4S3/c15-13(17-9-11-3-1-7-19-11)5-6-14(16,21-13)18-10-12-4-2-8-20-12/h1-10H,15-16H2. The minimum atomic E-state index is -0.870. The molecule has 21 heavy (non-hydrogen) atoms. The molecule has 0 radical (unpaired) electrons. The number of nitrogens with zero attached hydrogens (tertiary/aromatic N) is 2. The molecule has 4 N–H and O–H groups in total. The summed E-state index contributed by atoms with van der Waals surface area (Å²) in [7, 11) is 0. The molecule has 7 heteroatoms. The van der Waals surface area contributed by atoms with Crippen molar-refractivity contribution in [3.8, 4) is 0 Å². The van der Waals surface area contributed by atoms with Crippen LogP contribution in [0.5, 0.6) is 0 Å². The van der Waals surface area contributed by atoms with Crippen LogP contribution in [0.1, 0.15) is 9.75 Å². The molecule has 1 aliphatic rings. The summed E-state index contributed by atoms with van der Waals surface area (Å²) in [6, 6.07) is 7.94. The molecule has 0 aliphatic carbocycles. The molecular weight excluding hydrogens is 320 g/mol. The first-order valence-corrected chi connectivity index (χ1v) is 8.80. The summed E-state index contributed by atoms with van der Waals surface area (Å²) in [5, 5.41) is 4.00. The van der Waals surface area contributed by atoms with Crippen LogP contribution in [0.2, 0.25) is 0 Å². The highest BCUT2D eigenvalue weighted by Gasteiger charge is 2.39. The van der Waals surface area contributed by atoms with Gasteiger partial charge < -0.3 is 0 Å². The second-order valence-corrected chi connectivity index (χ2v) is 7.96. The van der Waals surface area contributed by atoms with Crippen LogP contribution in [0.4, 0.5) is 0 Å². The Morgan fingerprint density at radius 2 is 1.33 bits per heavy atom. The summed E-state index contributed by atoms with van der Waals surface area (Å²) in [5.74, 6) is 0.